The van der Waals surface area contributed by atoms with Gasteiger partial charge in [-0.1, -0.05) is 0 Å². The van der Waals surface area contributed by atoms with E-state index in [1.807, 2.05) is 0 Å². The first-order chi connectivity index (χ1) is 8.66. The summed E-state index contributed by atoms with van der Waals surface area (Å²) in [6, 6.07) is 20.4. The molecule has 0 atom stereocenters. The number of hydrogen-bond acceptors (Lipinski definition) is 0. The summed E-state index contributed by atoms with van der Waals surface area (Å²) in [5.74, 6) is 0.798. The molecule has 0 aliphatic rings. The van der Waals surface area contributed by atoms with Crippen LogP contribution in [0.15, 0.2) is 54.6 Å². The number of rotatable bonds is 4. The molecule has 1 heteroatoms. The van der Waals surface area contributed by atoms with E-state index in [0.717, 1.165) is 5.92 Å². The van der Waals surface area contributed by atoms with Crippen LogP contribution in [-0.2, 0) is 0 Å². The zero-order valence-electron chi connectivity index (χ0n) is 11.6. The average molecular weight is 340 g/mol. The molecule has 0 spiro atoms. The summed E-state index contributed by atoms with van der Waals surface area (Å²) < 4.78 is 4.69. The normalized spacial score (nSPS) is 10.7. The fraction of sp³-hybridized carbons (Fsp3) is 0.294. The van der Waals surface area contributed by atoms with E-state index in [2.05, 4.69) is 75.4 Å². The molecular formula is C17H21In. The van der Waals surface area contributed by atoms with Crippen molar-refractivity contribution in [1.82, 2.24) is 0 Å². The Kier molecular flexibility index (Phi) is 4.94. The molecule has 0 saturated carbocycles. The summed E-state index contributed by atoms with van der Waals surface area (Å²) in [7, 11) is 0. The van der Waals surface area contributed by atoms with E-state index in [0.29, 0.717) is 0 Å². The fourth-order valence-corrected chi connectivity index (χ4v) is 11.6. The average Bonchev–Trinajstić information content (AvgIpc) is 2.38. The summed E-state index contributed by atoms with van der Waals surface area (Å²) in [6.45, 7) is 6.86. The molecule has 0 N–H and O–H groups in total. The van der Waals surface area contributed by atoms with Crippen LogP contribution in [0.2, 0.25) is 4.18 Å². The molecule has 2 aromatic carbocycles. The molecule has 0 heterocycles. The second kappa shape index (κ2) is 6.47. The van der Waals surface area contributed by atoms with Gasteiger partial charge in [0.05, 0.1) is 0 Å². The Morgan fingerprint density at radius 2 is 1.39 bits per heavy atom. The van der Waals surface area contributed by atoms with Crippen molar-refractivity contribution in [2.24, 2.45) is 5.92 Å². The second-order valence-corrected chi connectivity index (χ2v) is 13.8. The van der Waals surface area contributed by atoms with Crippen LogP contribution in [0, 0.1) is 12.8 Å². The van der Waals surface area contributed by atoms with E-state index in [-0.39, 0.29) is 0 Å². The SMILES string of the molecule is Cc1cc[c]([In]([CH2]C(C)C)[c]2ccccc2)cc1. The quantitative estimate of drug-likeness (QED) is 0.802. The monoisotopic (exact) mass is 340 g/mol. The van der Waals surface area contributed by atoms with Crippen molar-refractivity contribution in [3.8, 4) is 0 Å². The van der Waals surface area contributed by atoms with Gasteiger partial charge in [-0.2, -0.15) is 0 Å². The van der Waals surface area contributed by atoms with Gasteiger partial charge in [0.2, 0.25) is 0 Å². The summed E-state index contributed by atoms with van der Waals surface area (Å²) in [6.07, 6.45) is 0. The fourth-order valence-electron chi connectivity index (χ4n) is 2.42. The van der Waals surface area contributed by atoms with Crippen molar-refractivity contribution in [1.29, 1.82) is 0 Å². The Morgan fingerprint density at radius 3 is 1.94 bits per heavy atom. The predicted molar refractivity (Wildman–Crippen MR) is 82.3 cm³/mol. The van der Waals surface area contributed by atoms with E-state index < -0.39 is 21.4 Å². The van der Waals surface area contributed by atoms with Crippen molar-refractivity contribution in [3.63, 3.8) is 0 Å². The van der Waals surface area contributed by atoms with Gasteiger partial charge in [-0.05, 0) is 0 Å². The van der Waals surface area contributed by atoms with Crippen LogP contribution in [0.1, 0.15) is 19.4 Å². The Bertz CT molecular complexity index is 471. The zero-order valence-corrected chi connectivity index (χ0v) is 14.9. The molecule has 0 saturated heterocycles. The Labute approximate surface area is 119 Å². The van der Waals surface area contributed by atoms with Crippen LogP contribution in [0.5, 0.6) is 0 Å². The number of hydrogen-bond donors (Lipinski definition) is 0. The van der Waals surface area contributed by atoms with Gasteiger partial charge in [-0.3, -0.25) is 0 Å². The van der Waals surface area contributed by atoms with E-state index >= 15 is 0 Å². The van der Waals surface area contributed by atoms with E-state index in [4.69, 9.17) is 0 Å². The molecule has 0 bridgehead atoms. The molecule has 0 unspecified atom stereocenters. The second-order valence-electron chi connectivity index (χ2n) is 5.50. The van der Waals surface area contributed by atoms with Crippen LogP contribution >= 0.6 is 0 Å². The van der Waals surface area contributed by atoms with Crippen molar-refractivity contribution < 1.29 is 0 Å². The molecule has 18 heavy (non-hydrogen) atoms. The standard InChI is InChI=1S/C7H7.C6H5.C4H9.In/c1-7-5-3-2-4-6-7;1-2-4-6-5-3-1;1-4(2)3;/h3-6H,1H3;1-5H;4H,1H2,2-3H3;. The molecule has 92 valence electrons. The first-order valence-electron chi connectivity index (χ1n) is 6.78. The molecule has 0 aliphatic heterocycles. The minimum atomic E-state index is -1.82. The number of benzene rings is 2. The third kappa shape index (κ3) is 3.65. The van der Waals surface area contributed by atoms with Gasteiger partial charge in [0.1, 0.15) is 0 Å². The maximum absolute atomic E-state index is 2.37. The van der Waals surface area contributed by atoms with Crippen LogP contribution in [0.3, 0.4) is 0 Å². The Balaban J connectivity index is 2.33. The van der Waals surface area contributed by atoms with Crippen LogP contribution in [0.25, 0.3) is 0 Å². The molecule has 0 radical (unpaired) electrons. The Morgan fingerprint density at radius 1 is 0.833 bits per heavy atom. The van der Waals surface area contributed by atoms with Crippen LogP contribution in [0.4, 0.5) is 0 Å². The van der Waals surface area contributed by atoms with Crippen LogP contribution in [-0.4, -0.2) is 21.4 Å². The summed E-state index contributed by atoms with van der Waals surface area (Å²) >= 11 is -1.82. The van der Waals surface area contributed by atoms with Gasteiger partial charge < -0.3 is 0 Å². The predicted octanol–water partition coefficient (Wildman–Crippen LogP) is 3.26. The van der Waals surface area contributed by atoms with Crippen molar-refractivity contribution in [2.75, 3.05) is 0 Å². The van der Waals surface area contributed by atoms with E-state index in [1.165, 1.54) is 9.74 Å². The third-order valence-electron chi connectivity index (χ3n) is 3.39. The van der Waals surface area contributed by atoms with Crippen LogP contribution < -0.4 is 6.64 Å². The van der Waals surface area contributed by atoms with Gasteiger partial charge in [0.25, 0.3) is 0 Å². The molecule has 0 amide bonds. The van der Waals surface area contributed by atoms with Gasteiger partial charge in [-0.15, -0.1) is 0 Å². The van der Waals surface area contributed by atoms with E-state index in [1.54, 1.807) is 6.64 Å². The van der Waals surface area contributed by atoms with Gasteiger partial charge in [0.15, 0.2) is 0 Å². The summed E-state index contributed by atoms with van der Waals surface area (Å²) in [5.41, 5.74) is 1.36. The molecule has 0 aromatic heterocycles. The molecule has 0 nitrogen and oxygen atoms in total. The van der Waals surface area contributed by atoms with Gasteiger partial charge in [0, 0.05) is 0 Å². The Hall–Kier alpha value is -0.690. The van der Waals surface area contributed by atoms with Gasteiger partial charge in [-0.25, -0.2) is 0 Å². The first-order valence-corrected chi connectivity index (χ1v) is 12.4. The summed E-state index contributed by atoms with van der Waals surface area (Å²) in [5, 5.41) is 0. The third-order valence-corrected chi connectivity index (χ3v) is 14.2. The molecule has 0 aliphatic carbocycles. The zero-order chi connectivity index (χ0) is 13.0. The topological polar surface area (TPSA) is 0 Å². The minimum absolute atomic E-state index is 0.798. The first kappa shape index (κ1) is 13.7. The molecular weight excluding hydrogens is 319 g/mol. The molecule has 2 rings (SSSR count). The molecule has 0 fully saturated rings. The summed E-state index contributed by atoms with van der Waals surface area (Å²) in [4.78, 5) is 0. The molecule has 2 aromatic rings. The van der Waals surface area contributed by atoms with Crippen molar-refractivity contribution in [2.45, 2.75) is 24.9 Å². The van der Waals surface area contributed by atoms with Crippen molar-refractivity contribution >= 4 is 28.1 Å². The van der Waals surface area contributed by atoms with E-state index in [9.17, 15) is 0 Å². The van der Waals surface area contributed by atoms with Gasteiger partial charge >= 0.3 is 119 Å². The van der Waals surface area contributed by atoms with Crippen molar-refractivity contribution in [3.05, 3.63) is 60.2 Å². The number of aryl methyl sites for hydroxylation is 1. The maximum atomic E-state index is 2.37.